The van der Waals surface area contributed by atoms with Gasteiger partial charge >= 0.3 is 0 Å². The van der Waals surface area contributed by atoms with Gasteiger partial charge in [0.25, 0.3) is 0 Å². The summed E-state index contributed by atoms with van der Waals surface area (Å²) in [6, 6.07) is 10.6. The van der Waals surface area contributed by atoms with E-state index >= 15 is 0 Å². The van der Waals surface area contributed by atoms with Gasteiger partial charge < -0.3 is 5.73 Å². The summed E-state index contributed by atoms with van der Waals surface area (Å²) in [4.78, 5) is 5.80. The number of benzene rings is 1. The number of aryl methyl sites for hydroxylation is 3. The minimum atomic E-state index is 0.559. The van der Waals surface area contributed by atoms with Gasteiger partial charge in [-0.05, 0) is 50.1 Å². The first-order chi connectivity index (χ1) is 8.58. The molecule has 1 aromatic heterocycles. The van der Waals surface area contributed by atoms with Crippen LogP contribution < -0.4 is 5.73 Å². The molecule has 0 aliphatic heterocycles. The van der Waals surface area contributed by atoms with Gasteiger partial charge in [-0.3, -0.25) is 0 Å². The number of hydrogen-bond acceptors (Lipinski definition) is 3. The van der Waals surface area contributed by atoms with E-state index in [0.29, 0.717) is 6.54 Å². The van der Waals surface area contributed by atoms with Crippen molar-refractivity contribution in [3.8, 4) is 0 Å². The van der Waals surface area contributed by atoms with Crippen LogP contribution in [0.15, 0.2) is 40.3 Å². The fraction of sp³-hybridized carbons (Fsp3) is 0.267. The second-order valence-corrected chi connectivity index (χ2v) is 5.59. The Kier molecular flexibility index (Phi) is 4.04. The third kappa shape index (κ3) is 3.12. The van der Waals surface area contributed by atoms with Gasteiger partial charge in [-0.1, -0.05) is 29.5 Å². The number of pyridine rings is 1. The molecule has 0 spiro atoms. The van der Waals surface area contributed by atoms with Crippen LogP contribution in [-0.4, -0.2) is 4.98 Å². The Bertz CT molecular complexity index is 564. The van der Waals surface area contributed by atoms with Crippen LogP contribution in [0.25, 0.3) is 0 Å². The molecule has 2 nitrogen and oxygen atoms in total. The van der Waals surface area contributed by atoms with E-state index in [1.165, 1.54) is 16.0 Å². The fourth-order valence-corrected chi connectivity index (χ4v) is 2.88. The zero-order valence-electron chi connectivity index (χ0n) is 11.0. The maximum Gasteiger partial charge on any atom is 0.101 e. The molecule has 0 saturated heterocycles. The average Bonchev–Trinajstić information content (AvgIpc) is 2.32. The van der Waals surface area contributed by atoms with E-state index in [0.717, 1.165) is 16.3 Å². The standard InChI is InChI=1S/C15H18N2S/c1-10-4-5-14(11(2)6-10)18-15-8-13(9-16)7-12(3)17-15/h4-8H,9,16H2,1-3H3. The van der Waals surface area contributed by atoms with Crippen molar-refractivity contribution in [2.24, 2.45) is 5.73 Å². The Morgan fingerprint density at radius 3 is 2.56 bits per heavy atom. The Morgan fingerprint density at radius 1 is 1.11 bits per heavy atom. The molecule has 1 aromatic carbocycles. The van der Waals surface area contributed by atoms with Gasteiger partial charge in [0.15, 0.2) is 0 Å². The minimum absolute atomic E-state index is 0.559. The molecule has 0 unspecified atom stereocenters. The van der Waals surface area contributed by atoms with Crippen molar-refractivity contribution in [1.82, 2.24) is 4.98 Å². The Labute approximate surface area is 113 Å². The van der Waals surface area contributed by atoms with Crippen molar-refractivity contribution in [3.63, 3.8) is 0 Å². The largest absolute Gasteiger partial charge is 0.326 e. The van der Waals surface area contributed by atoms with Gasteiger partial charge in [-0.15, -0.1) is 0 Å². The summed E-state index contributed by atoms with van der Waals surface area (Å²) in [5.41, 5.74) is 10.4. The van der Waals surface area contributed by atoms with E-state index in [1.807, 2.05) is 13.0 Å². The van der Waals surface area contributed by atoms with E-state index in [4.69, 9.17) is 5.73 Å². The molecule has 0 aliphatic carbocycles. The zero-order chi connectivity index (χ0) is 13.1. The maximum absolute atomic E-state index is 5.69. The second-order valence-electron chi connectivity index (χ2n) is 4.53. The van der Waals surface area contributed by atoms with Crippen molar-refractivity contribution in [2.45, 2.75) is 37.2 Å². The third-order valence-corrected chi connectivity index (χ3v) is 3.87. The highest BCUT2D eigenvalue weighted by molar-refractivity contribution is 7.99. The van der Waals surface area contributed by atoms with E-state index in [-0.39, 0.29) is 0 Å². The van der Waals surface area contributed by atoms with Crippen LogP contribution in [0.2, 0.25) is 0 Å². The van der Waals surface area contributed by atoms with Crippen LogP contribution in [0.5, 0.6) is 0 Å². The van der Waals surface area contributed by atoms with E-state index < -0.39 is 0 Å². The molecule has 0 amide bonds. The summed E-state index contributed by atoms with van der Waals surface area (Å²) >= 11 is 1.70. The highest BCUT2D eigenvalue weighted by Gasteiger charge is 2.04. The van der Waals surface area contributed by atoms with Crippen LogP contribution in [0, 0.1) is 20.8 Å². The number of rotatable bonds is 3. The molecular weight excluding hydrogens is 240 g/mol. The lowest BCUT2D eigenvalue weighted by Gasteiger charge is -2.08. The van der Waals surface area contributed by atoms with Crippen molar-refractivity contribution in [1.29, 1.82) is 0 Å². The number of hydrogen-bond donors (Lipinski definition) is 1. The maximum atomic E-state index is 5.69. The predicted octanol–water partition coefficient (Wildman–Crippen LogP) is 3.62. The lowest BCUT2D eigenvalue weighted by atomic mass is 10.2. The Hall–Kier alpha value is -1.32. The Morgan fingerprint density at radius 2 is 1.89 bits per heavy atom. The van der Waals surface area contributed by atoms with Crippen molar-refractivity contribution < 1.29 is 0 Å². The van der Waals surface area contributed by atoms with Crippen LogP contribution >= 0.6 is 11.8 Å². The van der Waals surface area contributed by atoms with Gasteiger partial charge in [0.1, 0.15) is 5.03 Å². The number of aromatic nitrogens is 1. The average molecular weight is 258 g/mol. The molecular formula is C15H18N2S. The van der Waals surface area contributed by atoms with Crippen LogP contribution in [0.4, 0.5) is 0 Å². The van der Waals surface area contributed by atoms with Gasteiger partial charge in [0.2, 0.25) is 0 Å². The molecule has 0 aliphatic rings. The zero-order valence-corrected chi connectivity index (χ0v) is 11.8. The summed E-state index contributed by atoms with van der Waals surface area (Å²) in [7, 11) is 0. The molecule has 2 rings (SSSR count). The summed E-state index contributed by atoms with van der Waals surface area (Å²) < 4.78 is 0. The van der Waals surface area contributed by atoms with E-state index in [1.54, 1.807) is 11.8 Å². The summed E-state index contributed by atoms with van der Waals surface area (Å²) in [6.45, 7) is 6.81. The van der Waals surface area contributed by atoms with Crippen LogP contribution in [0.1, 0.15) is 22.4 Å². The number of nitrogens with zero attached hydrogens (tertiary/aromatic N) is 1. The minimum Gasteiger partial charge on any atom is -0.326 e. The monoisotopic (exact) mass is 258 g/mol. The molecule has 0 radical (unpaired) electrons. The summed E-state index contributed by atoms with van der Waals surface area (Å²) in [5.74, 6) is 0. The smallest absolute Gasteiger partial charge is 0.101 e. The molecule has 2 N–H and O–H groups in total. The summed E-state index contributed by atoms with van der Waals surface area (Å²) in [6.07, 6.45) is 0. The van der Waals surface area contributed by atoms with Crippen LogP contribution in [0.3, 0.4) is 0 Å². The molecule has 1 heterocycles. The molecule has 0 bridgehead atoms. The van der Waals surface area contributed by atoms with Gasteiger partial charge in [0.05, 0.1) is 0 Å². The third-order valence-electron chi connectivity index (χ3n) is 2.77. The highest BCUT2D eigenvalue weighted by Crippen LogP contribution is 2.30. The first-order valence-corrected chi connectivity index (χ1v) is 6.83. The fourth-order valence-electron chi connectivity index (χ4n) is 1.90. The molecule has 0 atom stereocenters. The first kappa shape index (κ1) is 13.1. The topological polar surface area (TPSA) is 38.9 Å². The van der Waals surface area contributed by atoms with E-state index in [9.17, 15) is 0 Å². The van der Waals surface area contributed by atoms with Gasteiger partial charge in [-0.2, -0.15) is 0 Å². The lowest BCUT2D eigenvalue weighted by Crippen LogP contribution is -1.98. The van der Waals surface area contributed by atoms with Crippen molar-refractivity contribution in [2.75, 3.05) is 0 Å². The second kappa shape index (κ2) is 5.55. The molecule has 3 heteroatoms. The molecule has 94 valence electrons. The molecule has 0 fully saturated rings. The molecule has 18 heavy (non-hydrogen) atoms. The van der Waals surface area contributed by atoms with E-state index in [2.05, 4.69) is 43.1 Å². The predicted molar refractivity (Wildman–Crippen MR) is 76.9 cm³/mol. The molecule has 0 saturated carbocycles. The van der Waals surface area contributed by atoms with Crippen molar-refractivity contribution in [3.05, 3.63) is 52.7 Å². The highest BCUT2D eigenvalue weighted by atomic mass is 32.2. The number of nitrogens with two attached hydrogens (primary N) is 1. The SMILES string of the molecule is Cc1ccc(Sc2cc(CN)cc(C)n2)c(C)c1. The normalized spacial score (nSPS) is 10.7. The Balaban J connectivity index is 2.30. The van der Waals surface area contributed by atoms with Gasteiger partial charge in [0, 0.05) is 17.1 Å². The first-order valence-electron chi connectivity index (χ1n) is 6.01. The van der Waals surface area contributed by atoms with Crippen LogP contribution in [-0.2, 0) is 6.54 Å². The van der Waals surface area contributed by atoms with Gasteiger partial charge in [-0.25, -0.2) is 4.98 Å². The van der Waals surface area contributed by atoms with Crippen molar-refractivity contribution >= 4 is 11.8 Å². The quantitative estimate of drug-likeness (QED) is 0.914. The molecule has 2 aromatic rings. The summed E-state index contributed by atoms with van der Waals surface area (Å²) in [5, 5.41) is 1.02. The lowest BCUT2D eigenvalue weighted by molar-refractivity contribution is 0.986.